The summed E-state index contributed by atoms with van der Waals surface area (Å²) >= 11 is 5.30. The Bertz CT molecular complexity index is 1230. The number of aliphatic hydroxyl groups excluding tert-OH is 1. The maximum Gasteiger partial charge on any atom is 0.310 e. The largest absolute Gasteiger partial charge is 0.466 e. The van der Waals surface area contributed by atoms with E-state index in [1.807, 2.05) is 62.4 Å². The number of benzene rings is 2. The second kappa shape index (κ2) is 10.1. The van der Waals surface area contributed by atoms with Crippen molar-refractivity contribution >= 4 is 51.2 Å². The Labute approximate surface area is 229 Å². The zero-order valence-corrected chi connectivity index (χ0v) is 23.4. The second-order valence-electron chi connectivity index (χ2n) is 10.1. The Hall–Kier alpha value is -2.36. The molecule has 37 heavy (non-hydrogen) atoms. The molecule has 9 heteroatoms. The van der Waals surface area contributed by atoms with E-state index in [2.05, 4.69) is 21.2 Å². The van der Waals surface area contributed by atoms with Crippen LogP contribution < -0.4 is 5.32 Å². The van der Waals surface area contributed by atoms with Gasteiger partial charge in [-0.25, -0.2) is 0 Å². The number of carbonyl (C=O) groups excluding carboxylic acids is 3. The van der Waals surface area contributed by atoms with E-state index in [0.717, 1.165) is 16.7 Å². The molecule has 3 saturated heterocycles. The highest BCUT2D eigenvalue weighted by Crippen LogP contribution is 2.68. The van der Waals surface area contributed by atoms with Gasteiger partial charge in [0.2, 0.25) is 11.8 Å². The van der Waals surface area contributed by atoms with E-state index in [1.165, 1.54) is 0 Å². The van der Waals surface area contributed by atoms with Crippen LogP contribution in [0, 0.1) is 25.7 Å². The number of aryl methyl sites for hydroxylation is 2. The van der Waals surface area contributed by atoms with Gasteiger partial charge < -0.3 is 20.1 Å². The number of hydrogen-bond acceptors (Lipinski definition) is 6. The number of nitrogens with one attached hydrogen (secondary N) is 1. The Kier molecular flexibility index (Phi) is 7.15. The van der Waals surface area contributed by atoms with E-state index in [4.69, 9.17) is 4.74 Å². The van der Waals surface area contributed by atoms with Crippen LogP contribution in [0.5, 0.6) is 0 Å². The highest BCUT2D eigenvalue weighted by atomic mass is 79.9. The molecule has 3 heterocycles. The van der Waals surface area contributed by atoms with Gasteiger partial charge >= 0.3 is 5.97 Å². The Morgan fingerprint density at radius 3 is 2.65 bits per heavy atom. The van der Waals surface area contributed by atoms with Crippen molar-refractivity contribution in [1.82, 2.24) is 4.90 Å². The second-order valence-corrected chi connectivity index (χ2v) is 12.8. The Morgan fingerprint density at radius 2 is 1.97 bits per heavy atom. The first kappa shape index (κ1) is 26.3. The van der Waals surface area contributed by atoms with Crippen molar-refractivity contribution < 1.29 is 24.2 Å². The van der Waals surface area contributed by atoms with Crippen LogP contribution in [-0.2, 0) is 19.1 Å². The molecule has 7 nitrogen and oxygen atoms in total. The summed E-state index contributed by atoms with van der Waals surface area (Å²) in [5.41, 5.74) is 3.35. The van der Waals surface area contributed by atoms with Gasteiger partial charge in [-0.2, -0.15) is 0 Å². The lowest BCUT2D eigenvalue weighted by Gasteiger charge is -2.37. The minimum Gasteiger partial charge on any atom is -0.466 e. The summed E-state index contributed by atoms with van der Waals surface area (Å²) in [5, 5.41) is 13.5. The van der Waals surface area contributed by atoms with Crippen molar-refractivity contribution in [3.63, 3.8) is 0 Å². The van der Waals surface area contributed by atoms with Crippen LogP contribution in [0.4, 0.5) is 5.69 Å². The Morgan fingerprint density at radius 1 is 1.24 bits per heavy atom. The third-order valence-corrected chi connectivity index (χ3v) is 11.1. The normalized spacial score (nSPS) is 30.8. The first-order chi connectivity index (χ1) is 17.7. The molecule has 5 rings (SSSR count). The fraction of sp³-hybridized carbons (Fsp3) is 0.464. The summed E-state index contributed by atoms with van der Waals surface area (Å²) < 4.78 is 4.59. The topological polar surface area (TPSA) is 95.9 Å². The lowest BCUT2D eigenvalue weighted by molar-refractivity contribution is -0.154. The number of alkyl halides is 1. The lowest BCUT2D eigenvalue weighted by Crippen LogP contribution is -2.53. The molecule has 0 saturated carbocycles. The first-order valence-corrected chi connectivity index (χ1v) is 14.4. The summed E-state index contributed by atoms with van der Waals surface area (Å²) in [6.07, 6.45) is 0.559. The summed E-state index contributed by atoms with van der Waals surface area (Å²) in [7, 11) is 0. The molecule has 3 aliphatic rings. The van der Waals surface area contributed by atoms with E-state index in [9.17, 15) is 19.5 Å². The molecule has 2 aromatic carbocycles. The van der Waals surface area contributed by atoms with E-state index >= 15 is 0 Å². The van der Waals surface area contributed by atoms with E-state index in [-0.39, 0.29) is 35.1 Å². The molecular weight excluding hydrogens is 556 g/mol. The van der Waals surface area contributed by atoms with Crippen LogP contribution in [0.25, 0.3) is 0 Å². The number of aliphatic hydroxyl groups is 1. The number of halogens is 1. The van der Waals surface area contributed by atoms with E-state index in [0.29, 0.717) is 12.1 Å². The molecule has 2 bridgehead atoms. The molecule has 0 aliphatic carbocycles. The number of rotatable bonds is 7. The number of carbonyl (C=O) groups is 3. The third-order valence-electron chi connectivity index (χ3n) is 7.88. The molecule has 0 radical (unpaired) electrons. The zero-order valence-electron chi connectivity index (χ0n) is 21.0. The number of fused-ring (bicyclic) bond motifs is 1. The number of esters is 1. The molecule has 3 aliphatic heterocycles. The first-order valence-electron chi connectivity index (χ1n) is 12.6. The van der Waals surface area contributed by atoms with Crippen LogP contribution >= 0.6 is 27.7 Å². The van der Waals surface area contributed by atoms with Crippen molar-refractivity contribution in [2.24, 2.45) is 11.8 Å². The number of hydrogen-bond donors (Lipinski definition) is 2. The number of anilines is 1. The van der Waals surface area contributed by atoms with Crippen LogP contribution in [0.1, 0.15) is 36.1 Å². The monoisotopic (exact) mass is 586 g/mol. The van der Waals surface area contributed by atoms with Crippen molar-refractivity contribution in [3.05, 3.63) is 65.2 Å². The fourth-order valence-electron chi connectivity index (χ4n) is 6.31. The number of ether oxygens (including phenoxy) is 1. The molecule has 2 amide bonds. The summed E-state index contributed by atoms with van der Waals surface area (Å²) in [5.74, 6) is -2.36. The fourth-order valence-corrected chi connectivity index (χ4v) is 9.90. The molecular formula is C28H31BrN2O5S. The van der Waals surface area contributed by atoms with Crippen molar-refractivity contribution in [1.29, 1.82) is 0 Å². The van der Waals surface area contributed by atoms with Crippen LogP contribution in [-0.4, -0.2) is 61.9 Å². The number of amides is 2. The van der Waals surface area contributed by atoms with Crippen molar-refractivity contribution in [3.8, 4) is 0 Å². The van der Waals surface area contributed by atoms with Gasteiger partial charge in [0.05, 0.1) is 35.8 Å². The van der Waals surface area contributed by atoms with E-state index in [1.54, 1.807) is 23.6 Å². The zero-order chi connectivity index (χ0) is 26.5. The predicted octanol–water partition coefficient (Wildman–Crippen LogP) is 4.00. The molecule has 1 spiro atoms. The molecule has 0 aromatic heterocycles. The molecule has 2 aromatic rings. The van der Waals surface area contributed by atoms with Gasteiger partial charge in [-0.05, 0) is 49.9 Å². The summed E-state index contributed by atoms with van der Waals surface area (Å²) in [6.45, 7) is 5.51. The smallest absolute Gasteiger partial charge is 0.310 e. The molecule has 7 atom stereocenters. The number of nitrogens with zero attached hydrogens (tertiary/aromatic N) is 1. The quantitative estimate of drug-likeness (QED) is 0.376. The average molecular weight is 588 g/mol. The van der Waals surface area contributed by atoms with Gasteiger partial charge in [0, 0.05) is 15.8 Å². The SMILES string of the molecule is CCOC(=O)[C@H]1[C@H]2C(=O)N([C@H](CO)c3ccccc3)C(C(=O)Nc3cc(C)ccc3C)C23CC(Br)[C@@H]1S3. The number of thioether (sulfide) groups is 1. The van der Waals surface area contributed by atoms with Gasteiger partial charge in [-0.1, -0.05) is 58.4 Å². The minimum atomic E-state index is -0.878. The van der Waals surface area contributed by atoms with Crippen molar-refractivity contribution in [2.45, 2.75) is 54.1 Å². The van der Waals surface area contributed by atoms with Crippen LogP contribution in [0.3, 0.4) is 0 Å². The maximum absolute atomic E-state index is 14.3. The third kappa shape index (κ3) is 4.19. The lowest BCUT2D eigenvalue weighted by atomic mass is 9.71. The average Bonchev–Trinajstić information content (AvgIpc) is 3.46. The van der Waals surface area contributed by atoms with Gasteiger partial charge in [0.15, 0.2) is 0 Å². The van der Waals surface area contributed by atoms with Crippen LogP contribution in [0.15, 0.2) is 48.5 Å². The van der Waals surface area contributed by atoms with Gasteiger partial charge in [-0.15, -0.1) is 11.8 Å². The summed E-state index contributed by atoms with van der Waals surface area (Å²) in [4.78, 5) is 43.1. The molecule has 196 valence electrons. The predicted molar refractivity (Wildman–Crippen MR) is 147 cm³/mol. The standard InChI is InChI=1S/C28H31BrN2O5S/c1-4-36-27(35)21-22-26(34)31(20(14-32)17-8-6-5-7-9-17)24(28(22)13-18(29)23(21)37-28)25(33)30-19-12-15(2)10-11-16(19)3/h5-12,18,20-24,32H,4,13-14H2,1-3H3,(H,30,33)/t18?,20-,21+,22+,23+,24?,28?/m1/s1. The van der Waals surface area contributed by atoms with Crippen molar-refractivity contribution in [2.75, 3.05) is 18.5 Å². The van der Waals surface area contributed by atoms with E-state index < -0.39 is 34.6 Å². The summed E-state index contributed by atoms with van der Waals surface area (Å²) in [6, 6.07) is 13.5. The van der Waals surface area contributed by atoms with Gasteiger partial charge in [0.25, 0.3) is 0 Å². The molecule has 3 fully saturated rings. The minimum absolute atomic E-state index is 0.0452. The van der Waals surface area contributed by atoms with Gasteiger partial charge in [-0.3, -0.25) is 14.4 Å². The molecule has 3 unspecified atom stereocenters. The van der Waals surface area contributed by atoms with Gasteiger partial charge in [0.1, 0.15) is 6.04 Å². The van der Waals surface area contributed by atoms with Crippen LogP contribution in [0.2, 0.25) is 0 Å². The number of likely N-dealkylation sites (tertiary alicyclic amines) is 1. The Balaban J connectivity index is 1.62. The highest BCUT2D eigenvalue weighted by Gasteiger charge is 2.76. The highest BCUT2D eigenvalue weighted by molar-refractivity contribution is 9.09. The molecule has 2 N–H and O–H groups in total. The maximum atomic E-state index is 14.3.